The van der Waals surface area contributed by atoms with Crippen LogP contribution in [-0.4, -0.2) is 0 Å². The molecule has 0 spiro atoms. The van der Waals surface area contributed by atoms with Crippen molar-refractivity contribution in [2.45, 2.75) is 27.7 Å². The smallest absolute Gasteiger partial charge is 0.108 e. The molecule has 0 atom stereocenters. The maximum absolute atomic E-state index is 5.55. The predicted octanol–water partition coefficient (Wildman–Crippen LogP) is 3.96. The van der Waals surface area contributed by atoms with Gasteiger partial charge in [-0.05, 0) is 27.7 Å². The molecule has 0 unspecified atom stereocenters. The first-order valence-corrected chi connectivity index (χ1v) is 4.56. The van der Waals surface area contributed by atoms with Crippen molar-refractivity contribution in [3.63, 3.8) is 0 Å². The summed E-state index contributed by atoms with van der Waals surface area (Å²) in [7, 11) is 0. The van der Waals surface area contributed by atoms with Crippen molar-refractivity contribution >= 4 is 12.2 Å². The Balaban J connectivity index is 3.28. The van der Waals surface area contributed by atoms with E-state index in [2.05, 4.69) is 12.2 Å². The molecule has 0 aromatic carbocycles. The minimum absolute atomic E-state index is 0.990. The molecular weight excluding hydrogens is 160 g/mol. The van der Waals surface area contributed by atoms with Crippen LogP contribution in [0.15, 0.2) is 16.6 Å². The van der Waals surface area contributed by atoms with E-state index >= 15 is 0 Å². The zero-order valence-electron chi connectivity index (χ0n) is 8.72. The second-order valence-corrected chi connectivity index (χ2v) is 3.04. The topological polar surface area (TPSA) is 13.1 Å². The number of allylic oxidation sites excluding steroid dienone is 2. The fourth-order valence-electron chi connectivity index (χ4n) is 1.47. The molecule has 1 aromatic rings. The average molecular weight is 176 g/mol. The molecule has 70 valence electrons. The van der Waals surface area contributed by atoms with Crippen molar-refractivity contribution in [2.24, 2.45) is 0 Å². The Bertz CT molecular complexity index is 308. The van der Waals surface area contributed by atoms with E-state index in [0.29, 0.717) is 0 Å². The zero-order valence-corrected chi connectivity index (χ0v) is 8.72. The molecule has 0 amide bonds. The second kappa shape index (κ2) is 4.13. The number of aryl methyl sites for hydroxylation is 2. The molecule has 0 radical (unpaired) electrons. The molecule has 0 aliphatic rings. The van der Waals surface area contributed by atoms with Gasteiger partial charge < -0.3 is 4.42 Å². The molecule has 1 heteroatoms. The van der Waals surface area contributed by atoms with E-state index < -0.39 is 0 Å². The molecule has 1 rings (SSSR count). The van der Waals surface area contributed by atoms with E-state index in [1.54, 1.807) is 0 Å². The summed E-state index contributed by atoms with van der Waals surface area (Å²) in [5.41, 5.74) is 2.39. The van der Waals surface area contributed by atoms with Crippen LogP contribution in [0, 0.1) is 13.8 Å². The Morgan fingerprint density at radius 2 is 1.23 bits per heavy atom. The van der Waals surface area contributed by atoms with Gasteiger partial charge in [-0.15, -0.1) is 0 Å². The molecule has 13 heavy (non-hydrogen) atoms. The fourth-order valence-corrected chi connectivity index (χ4v) is 1.47. The fraction of sp³-hybridized carbons (Fsp3) is 0.333. The van der Waals surface area contributed by atoms with Crippen molar-refractivity contribution in [3.8, 4) is 0 Å². The van der Waals surface area contributed by atoms with Crippen LogP contribution in [-0.2, 0) is 0 Å². The van der Waals surface area contributed by atoms with Crippen molar-refractivity contribution < 1.29 is 4.42 Å². The Morgan fingerprint density at radius 3 is 1.54 bits per heavy atom. The van der Waals surface area contributed by atoms with Gasteiger partial charge in [0.15, 0.2) is 0 Å². The summed E-state index contributed by atoms with van der Waals surface area (Å²) >= 11 is 0. The highest BCUT2D eigenvalue weighted by Crippen LogP contribution is 2.24. The molecular formula is C12H16O. The first kappa shape index (κ1) is 9.85. The maximum atomic E-state index is 5.55. The monoisotopic (exact) mass is 176 g/mol. The largest absolute Gasteiger partial charge is 0.465 e. The summed E-state index contributed by atoms with van der Waals surface area (Å²) in [6.07, 6.45) is 8.23. The summed E-state index contributed by atoms with van der Waals surface area (Å²) in [6, 6.07) is 0. The van der Waals surface area contributed by atoms with Gasteiger partial charge in [0.1, 0.15) is 11.5 Å². The normalized spacial score (nSPS) is 12.0. The lowest BCUT2D eigenvalue weighted by Crippen LogP contribution is -1.77. The third kappa shape index (κ3) is 1.92. The molecule has 1 nitrogen and oxygen atoms in total. The van der Waals surface area contributed by atoms with Gasteiger partial charge in [0.05, 0.1) is 0 Å². The van der Waals surface area contributed by atoms with Gasteiger partial charge in [0.25, 0.3) is 0 Å². The van der Waals surface area contributed by atoms with Crippen LogP contribution >= 0.6 is 0 Å². The van der Waals surface area contributed by atoms with Gasteiger partial charge in [-0.2, -0.15) is 0 Å². The molecule has 0 bridgehead atoms. The van der Waals surface area contributed by atoms with E-state index in [1.165, 1.54) is 11.1 Å². The summed E-state index contributed by atoms with van der Waals surface area (Å²) in [5, 5.41) is 0. The molecule has 0 aliphatic heterocycles. The van der Waals surface area contributed by atoms with Crippen molar-refractivity contribution in [3.05, 3.63) is 34.8 Å². The van der Waals surface area contributed by atoms with Gasteiger partial charge >= 0.3 is 0 Å². The molecule has 0 N–H and O–H groups in total. The average Bonchev–Trinajstić information content (AvgIpc) is 2.33. The highest BCUT2D eigenvalue weighted by Gasteiger charge is 2.08. The Kier molecular flexibility index (Phi) is 3.13. The lowest BCUT2D eigenvalue weighted by atomic mass is 10.1. The Labute approximate surface area is 79.8 Å². The van der Waals surface area contributed by atoms with Gasteiger partial charge in [0.2, 0.25) is 0 Å². The van der Waals surface area contributed by atoms with E-state index in [-0.39, 0.29) is 0 Å². The van der Waals surface area contributed by atoms with Crippen molar-refractivity contribution in [2.75, 3.05) is 0 Å². The molecule has 1 aromatic heterocycles. The van der Waals surface area contributed by atoms with Crippen molar-refractivity contribution in [1.82, 2.24) is 0 Å². The van der Waals surface area contributed by atoms with Crippen LogP contribution in [0.25, 0.3) is 12.2 Å². The highest BCUT2D eigenvalue weighted by molar-refractivity contribution is 5.67. The lowest BCUT2D eigenvalue weighted by Gasteiger charge is -1.91. The van der Waals surface area contributed by atoms with Gasteiger partial charge in [-0.25, -0.2) is 0 Å². The molecule has 0 saturated carbocycles. The van der Waals surface area contributed by atoms with Crippen molar-refractivity contribution in [1.29, 1.82) is 0 Å². The summed E-state index contributed by atoms with van der Waals surface area (Å²) < 4.78 is 5.55. The van der Waals surface area contributed by atoms with Crippen LogP contribution in [0.1, 0.15) is 36.5 Å². The number of hydrogen-bond donors (Lipinski definition) is 0. The maximum Gasteiger partial charge on any atom is 0.108 e. The van der Waals surface area contributed by atoms with E-state index in [9.17, 15) is 0 Å². The van der Waals surface area contributed by atoms with E-state index in [0.717, 1.165) is 11.5 Å². The van der Waals surface area contributed by atoms with Crippen LogP contribution in [0.5, 0.6) is 0 Å². The van der Waals surface area contributed by atoms with Gasteiger partial charge in [0, 0.05) is 11.1 Å². The van der Waals surface area contributed by atoms with Crippen LogP contribution in [0.4, 0.5) is 0 Å². The van der Waals surface area contributed by atoms with Gasteiger partial charge in [-0.1, -0.05) is 24.3 Å². The molecule has 0 fully saturated rings. The molecule has 0 aliphatic carbocycles. The summed E-state index contributed by atoms with van der Waals surface area (Å²) in [6.45, 7) is 8.02. The third-order valence-electron chi connectivity index (χ3n) is 2.02. The third-order valence-corrected chi connectivity index (χ3v) is 2.02. The first-order valence-electron chi connectivity index (χ1n) is 4.56. The number of furan rings is 1. The van der Waals surface area contributed by atoms with Crippen LogP contribution in [0.2, 0.25) is 0 Å². The summed E-state index contributed by atoms with van der Waals surface area (Å²) in [4.78, 5) is 0. The van der Waals surface area contributed by atoms with Crippen LogP contribution < -0.4 is 0 Å². The lowest BCUT2D eigenvalue weighted by molar-refractivity contribution is 0.503. The standard InChI is InChI=1S/C12H16O/c1-5-7-11-9(3)13-10(4)12(11)8-6-2/h5-8H,1-4H3. The number of rotatable bonds is 2. The van der Waals surface area contributed by atoms with Gasteiger partial charge in [-0.3, -0.25) is 0 Å². The Morgan fingerprint density at radius 1 is 0.846 bits per heavy atom. The summed E-state index contributed by atoms with van der Waals surface area (Å²) in [5.74, 6) is 1.98. The quantitative estimate of drug-likeness (QED) is 0.664. The first-order chi connectivity index (χ1) is 6.20. The SMILES string of the molecule is CC=Cc1c(C)oc(C)c1C=CC. The second-order valence-electron chi connectivity index (χ2n) is 3.04. The minimum Gasteiger partial charge on any atom is -0.465 e. The predicted molar refractivity (Wildman–Crippen MR) is 57.6 cm³/mol. The van der Waals surface area contributed by atoms with Crippen LogP contribution in [0.3, 0.4) is 0 Å². The molecule has 1 heterocycles. The minimum atomic E-state index is 0.990. The Hall–Kier alpha value is -1.24. The zero-order chi connectivity index (χ0) is 9.84. The van der Waals surface area contributed by atoms with E-state index in [1.807, 2.05) is 39.8 Å². The number of hydrogen-bond acceptors (Lipinski definition) is 1. The highest BCUT2D eigenvalue weighted by atomic mass is 16.3. The molecule has 0 saturated heterocycles. The van der Waals surface area contributed by atoms with E-state index in [4.69, 9.17) is 4.42 Å².